The molecule has 0 aromatic rings. The number of amides is 3. The van der Waals surface area contributed by atoms with Crippen molar-refractivity contribution in [1.82, 2.24) is 15.1 Å². The molecule has 7 nitrogen and oxygen atoms in total. The number of nitrogens with zero attached hydrogens (tertiary/aromatic N) is 2. The molecule has 120 valence electrons. The van der Waals surface area contributed by atoms with Gasteiger partial charge in [0, 0.05) is 39.1 Å². The zero-order chi connectivity index (χ0) is 16.0. The first-order valence-corrected chi connectivity index (χ1v) is 7.33. The highest BCUT2D eigenvalue weighted by molar-refractivity contribution is 5.80. The smallest absolute Gasteiger partial charge is 0.319 e. The summed E-state index contributed by atoms with van der Waals surface area (Å²) >= 11 is 0. The Morgan fingerprint density at radius 2 is 1.86 bits per heavy atom. The lowest BCUT2D eigenvalue weighted by Gasteiger charge is -2.33. The number of carboxylic acid groups (broad SMARTS) is 1. The maximum absolute atomic E-state index is 12.1. The Labute approximate surface area is 125 Å². The quantitative estimate of drug-likeness (QED) is 0.784. The number of nitrogens with one attached hydrogen (secondary N) is 1. The second kappa shape index (κ2) is 7.85. The SMILES string of the molecule is CCC(CC(=O)O)NC(=O)C1CCN(C(=O)N(C)C)CC1. The molecule has 1 aliphatic heterocycles. The normalized spacial score (nSPS) is 17.2. The first-order chi connectivity index (χ1) is 9.85. The molecule has 3 amide bonds. The zero-order valence-electron chi connectivity index (χ0n) is 13.0. The van der Waals surface area contributed by atoms with Crippen molar-refractivity contribution in [2.24, 2.45) is 5.92 Å². The fourth-order valence-electron chi connectivity index (χ4n) is 2.44. The number of likely N-dealkylation sites (tertiary alicyclic amines) is 1. The maximum Gasteiger partial charge on any atom is 0.319 e. The highest BCUT2D eigenvalue weighted by Crippen LogP contribution is 2.18. The third-order valence-electron chi connectivity index (χ3n) is 3.78. The molecule has 0 saturated carbocycles. The number of piperidine rings is 1. The minimum Gasteiger partial charge on any atom is -0.481 e. The van der Waals surface area contributed by atoms with Crippen LogP contribution in [0.25, 0.3) is 0 Å². The number of carbonyl (C=O) groups is 3. The highest BCUT2D eigenvalue weighted by atomic mass is 16.4. The van der Waals surface area contributed by atoms with Gasteiger partial charge in [0.25, 0.3) is 0 Å². The van der Waals surface area contributed by atoms with Crippen molar-refractivity contribution < 1.29 is 19.5 Å². The van der Waals surface area contributed by atoms with Crippen LogP contribution in [-0.4, -0.2) is 66.0 Å². The van der Waals surface area contributed by atoms with Crippen LogP contribution in [-0.2, 0) is 9.59 Å². The van der Waals surface area contributed by atoms with E-state index in [1.165, 1.54) is 4.90 Å². The molecule has 21 heavy (non-hydrogen) atoms. The van der Waals surface area contributed by atoms with Crippen molar-refractivity contribution in [2.75, 3.05) is 27.2 Å². The van der Waals surface area contributed by atoms with Gasteiger partial charge in [0.05, 0.1) is 6.42 Å². The number of aliphatic carboxylic acids is 1. The van der Waals surface area contributed by atoms with Crippen molar-refractivity contribution in [3.8, 4) is 0 Å². The van der Waals surface area contributed by atoms with Gasteiger partial charge in [-0.05, 0) is 19.3 Å². The van der Waals surface area contributed by atoms with Crippen LogP contribution in [0.3, 0.4) is 0 Å². The average Bonchev–Trinajstić information content (AvgIpc) is 2.45. The van der Waals surface area contributed by atoms with Gasteiger partial charge >= 0.3 is 12.0 Å². The van der Waals surface area contributed by atoms with Gasteiger partial charge in [-0.25, -0.2) is 4.79 Å². The molecule has 7 heteroatoms. The minimum atomic E-state index is -0.909. The van der Waals surface area contributed by atoms with Crippen molar-refractivity contribution in [1.29, 1.82) is 0 Å². The maximum atomic E-state index is 12.1. The van der Waals surface area contributed by atoms with Crippen LogP contribution in [0.1, 0.15) is 32.6 Å². The second-order valence-electron chi connectivity index (χ2n) is 5.65. The summed E-state index contributed by atoms with van der Waals surface area (Å²) in [4.78, 5) is 37.9. The minimum absolute atomic E-state index is 0.0360. The Morgan fingerprint density at radius 1 is 1.29 bits per heavy atom. The van der Waals surface area contributed by atoms with Gasteiger partial charge in [-0.15, -0.1) is 0 Å². The lowest BCUT2D eigenvalue weighted by atomic mass is 9.95. The fraction of sp³-hybridized carbons (Fsp3) is 0.786. The van der Waals surface area contributed by atoms with Gasteiger partial charge in [0.15, 0.2) is 0 Å². The predicted octanol–water partition coefficient (Wildman–Crippen LogP) is 0.750. The van der Waals surface area contributed by atoms with Crippen LogP contribution < -0.4 is 5.32 Å². The largest absolute Gasteiger partial charge is 0.481 e. The van der Waals surface area contributed by atoms with Gasteiger partial charge in [0.2, 0.25) is 5.91 Å². The molecule has 1 saturated heterocycles. The monoisotopic (exact) mass is 299 g/mol. The van der Waals surface area contributed by atoms with E-state index in [1.54, 1.807) is 19.0 Å². The fourth-order valence-corrected chi connectivity index (χ4v) is 2.44. The lowest BCUT2D eigenvalue weighted by Crippen LogP contribution is -2.47. The van der Waals surface area contributed by atoms with Gasteiger partial charge < -0.3 is 20.2 Å². The number of hydrogen-bond acceptors (Lipinski definition) is 3. The van der Waals surface area contributed by atoms with Gasteiger partial charge in [-0.3, -0.25) is 9.59 Å². The summed E-state index contributed by atoms with van der Waals surface area (Å²) in [7, 11) is 3.41. The first kappa shape index (κ1) is 17.3. The van der Waals surface area contributed by atoms with Crippen molar-refractivity contribution >= 4 is 17.9 Å². The van der Waals surface area contributed by atoms with Crippen molar-refractivity contribution in [2.45, 2.75) is 38.6 Å². The van der Waals surface area contributed by atoms with Crippen LogP contribution in [0, 0.1) is 5.92 Å². The van der Waals surface area contributed by atoms with Crippen LogP contribution in [0.2, 0.25) is 0 Å². The van der Waals surface area contributed by atoms with Crippen molar-refractivity contribution in [3.05, 3.63) is 0 Å². The van der Waals surface area contributed by atoms with E-state index in [0.29, 0.717) is 32.4 Å². The highest BCUT2D eigenvalue weighted by Gasteiger charge is 2.29. The Bertz CT molecular complexity index is 390. The zero-order valence-corrected chi connectivity index (χ0v) is 13.0. The summed E-state index contributed by atoms with van der Waals surface area (Å²) in [6.07, 6.45) is 1.78. The Balaban J connectivity index is 2.44. The van der Waals surface area contributed by atoms with E-state index >= 15 is 0 Å². The summed E-state index contributed by atoms with van der Waals surface area (Å²) in [6, 6.07) is -0.359. The third kappa shape index (κ3) is 5.24. The predicted molar refractivity (Wildman–Crippen MR) is 77.9 cm³/mol. The summed E-state index contributed by atoms with van der Waals surface area (Å²) in [5.41, 5.74) is 0. The van der Waals surface area contributed by atoms with E-state index in [2.05, 4.69) is 5.32 Å². The Kier molecular flexibility index (Phi) is 6.45. The van der Waals surface area contributed by atoms with Crippen LogP contribution >= 0.6 is 0 Å². The van der Waals surface area contributed by atoms with Crippen LogP contribution in [0.4, 0.5) is 4.79 Å². The van der Waals surface area contributed by atoms with E-state index in [0.717, 1.165) is 0 Å². The van der Waals surface area contributed by atoms with Gasteiger partial charge in [-0.2, -0.15) is 0 Å². The molecule has 0 bridgehead atoms. The number of rotatable bonds is 5. The number of carboxylic acids is 1. The molecular weight excluding hydrogens is 274 g/mol. The third-order valence-corrected chi connectivity index (χ3v) is 3.78. The van der Waals surface area contributed by atoms with E-state index in [-0.39, 0.29) is 30.3 Å². The summed E-state index contributed by atoms with van der Waals surface area (Å²) in [6.45, 7) is 2.97. The van der Waals surface area contributed by atoms with E-state index in [1.807, 2.05) is 6.92 Å². The number of carbonyl (C=O) groups excluding carboxylic acids is 2. The number of hydrogen-bond donors (Lipinski definition) is 2. The molecule has 0 spiro atoms. The molecule has 0 radical (unpaired) electrons. The molecule has 0 aromatic heterocycles. The van der Waals surface area contributed by atoms with Crippen LogP contribution in [0.5, 0.6) is 0 Å². The van der Waals surface area contributed by atoms with Gasteiger partial charge in [0.1, 0.15) is 0 Å². The lowest BCUT2D eigenvalue weighted by molar-refractivity contribution is -0.138. The molecule has 0 aliphatic carbocycles. The topological polar surface area (TPSA) is 90.0 Å². The van der Waals surface area contributed by atoms with E-state index in [9.17, 15) is 14.4 Å². The summed E-state index contributed by atoms with van der Waals surface area (Å²) < 4.78 is 0. The van der Waals surface area contributed by atoms with Crippen LogP contribution in [0.15, 0.2) is 0 Å². The van der Waals surface area contributed by atoms with E-state index < -0.39 is 5.97 Å². The van der Waals surface area contributed by atoms with Gasteiger partial charge in [-0.1, -0.05) is 6.92 Å². The molecule has 1 atom stereocenters. The molecule has 1 rings (SSSR count). The molecule has 2 N–H and O–H groups in total. The molecule has 1 aliphatic rings. The molecular formula is C14H25N3O4. The van der Waals surface area contributed by atoms with E-state index in [4.69, 9.17) is 5.11 Å². The molecule has 0 aromatic carbocycles. The Hall–Kier alpha value is -1.79. The average molecular weight is 299 g/mol. The molecule has 1 unspecified atom stereocenters. The second-order valence-corrected chi connectivity index (χ2v) is 5.65. The number of urea groups is 1. The molecule has 1 fully saturated rings. The standard InChI is InChI=1S/C14H25N3O4/c1-4-11(9-12(18)19)15-13(20)10-5-7-17(8-6-10)14(21)16(2)3/h10-11H,4-9H2,1-3H3,(H,15,20)(H,18,19). The first-order valence-electron chi connectivity index (χ1n) is 7.33. The summed E-state index contributed by atoms with van der Waals surface area (Å²) in [5, 5.41) is 11.6. The summed E-state index contributed by atoms with van der Waals surface area (Å²) in [5.74, 6) is -1.15. The molecule has 1 heterocycles. The Morgan fingerprint density at radius 3 is 2.29 bits per heavy atom. The van der Waals surface area contributed by atoms with Crippen molar-refractivity contribution in [3.63, 3.8) is 0 Å².